The molecule has 2 atom stereocenters. The summed E-state index contributed by atoms with van der Waals surface area (Å²) < 4.78 is 0. The fourth-order valence-corrected chi connectivity index (χ4v) is 8.70. The zero-order chi connectivity index (χ0) is 21.6. The van der Waals surface area contributed by atoms with Gasteiger partial charge >= 0.3 is 0 Å². The number of benzene rings is 2. The number of thiophene rings is 1. The predicted molar refractivity (Wildman–Crippen MR) is 136 cm³/mol. The third kappa shape index (κ3) is 3.95. The first kappa shape index (κ1) is 21.0. The molecular formula is C29H32ClNS. The maximum Gasteiger partial charge on any atom is 0.0406 e. The molecule has 3 aromatic rings. The van der Waals surface area contributed by atoms with Gasteiger partial charge in [0.25, 0.3) is 0 Å². The largest absolute Gasteiger partial charge is 0.312 e. The van der Waals surface area contributed by atoms with E-state index in [1.54, 1.807) is 5.56 Å². The lowest BCUT2D eigenvalue weighted by molar-refractivity contribution is -0.0757. The van der Waals surface area contributed by atoms with Crippen molar-refractivity contribution in [2.75, 3.05) is 6.54 Å². The maximum atomic E-state index is 6.21. The highest BCUT2D eigenvalue weighted by Gasteiger charge is 2.57. The smallest absolute Gasteiger partial charge is 0.0406 e. The molecule has 7 rings (SSSR count). The zero-order valence-corrected chi connectivity index (χ0v) is 20.2. The summed E-state index contributed by atoms with van der Waals surface area (Å²) in [5.41, 5.74) is 5.17. The molecular weight excluding hydrogens is 430 g/mol. The van der Waals surface area contributed by atoms with Gasteiger partial charge in [-0.15, -0.1) is 11.3 Å². The van der Waals surface area contributed by atoms with Crippen LogP contribution in [0.1, 0.15) is 55.4 Å². The minimum Gasteiger partial charge on any atom is -0.312 e. The van der Waals surface area contributed by atoms with Crippen LogP contribution in [0, 0.1) is 17.3 Å². The lowest BCUT2D eigenvalue weighted by atomic mass is 9.42. The Labute approximate surface area is 201 Å². The van der Waals surface area contributed by atoms with Crippen LogP contribution >= 0.6 is 22.9 Å². The monoisotopic (exact) mass is 461 g/mol. The van der Waals surface area contributed by atoms with Crippen molar-refractivity contribution < 1.29 is 0 Å². The topological polar surface area (TPSA) is 12.0 Å². The second kappa shape index (κ2) is 8.31. The fraction of sp³-hybridized carbons (Fsp3) is 0.448. The Morgan fingerprint density at radius 2 is 1.66 bits per heavy atom. The third-order valence-electron chi connectivity index (χ3n) is 8.53. The fourth-order valence-electron chi connectivity index (χ4n) is 7.71. The Kier molecular flexibility index (Phi) is 5.44. The average Bonchev–Trinajstić information content (AvgIpc) is 3.26. The quantitative estimate of drug-likeness (QED) is 0.350. The van der Waals surface area contributed by atoms with Gasteiger partial charge in [-0.05, 0) is 114 Å². The number of nitrogens with one attached hydrogen (secondary N) is 1. The molecule has 0 spiro atoms. The van der Waals surface area contributed by atoms with Crippen molar-refractivity contribution in [3.8, 4) is 11.1 Å². The molecule has 2 unspecified atom stereocenters. The van der Waals surface area contributed by atoms with E-state index in [2.05, 4.69) is 71.4 Å². The van der Waals surface area contributed by atoms with Crippen LogP contribution in [0.25, 0.3) is 11.1 Å². The highest BCUT2D eigenvalue weighted by Crippen LogP contribution is 2.66. The van der Waals surface area contributed by atoms with Gasteiger partial charge in [-0.25, -0.2) is 0 Å². The summed E-state index contributed by atoms with van der Waals surface area (Å²) in [4.78, 5) is 1.44. The Hall–Kier alpha value is -1.61. The van der Waals surface area contributed by atoms with Gasteiger partial charge < -0.3 is 5.32 Å². The predicted octanol–water partition coefficient (Wildman–Crippen LogP) is 8.09. The molecule has 1 N–H and O–H groups in total. The van der Waals surface area contributed by atoms with Gasteiger partial charge in [0.15, 0.2) is 0 Å². The molecule has 4 aliphatic rings. The van der Waals surface area contributed by atoms with E-state index in [-0.39, 0.29) is 0 Å². The number of rotatable bonds is 7. The van der Waals surface area contributed by atoms with Crippen LogP contribution < -0.4 is 5.32 Å². The lowest BCUT2D eigenvalue weighted by Crippen LogP contribution is -2.54. The van der Waals surface area contributed by atoms with Crippen molar-refractivity contribution in [3.63, 3.8) is 0 Å². The number of hydrogen-bond donors (Lipinski definition) is 1. The van der Waals surface area contributed by atoms with Crippen LogP contribution in [-0.2, 0) is 12.0 Å². The minimum atomic E-state index is 0.410. The van der Waals surface area contributed by atoms with E-state index in [0.717, 1.165) is 29.9 Å². The van der Waals surface area contributed by atoms with Crippen LogP contribution in [0.4, 0.5) is 0 Å². The summed E-state index contributed by atoms with van der Waals surface area (Å²) in [6.45, 7) is 2.12. The van der Waals surface area contributed by atoms with Crippen LogP contribution in [0.2, 0.25) is 5.02 Å². The molecule has 1 heterocycles. The Morgan fingerprint density at radius 3 is 2.41 bits per heavy atom. The number of halogens is 1. The molecule has 0 saturated heterocycles. The summed E-state index contributed by atoms with van der Waals surface area (Å²) >= 11 is 8.09. The van der Waals surface area contributed by atoms with E-state index in [4.69, 9.17) is 11.6 Å². The van der Waals surface area contributed by atoms with Crippen LogP contribution in [0.3, 0.4) is 0 Å². The average molecular weight is 462 g/mol. The maximum absolute atomic E-state index is 6.21. The summed E-state index contributed by atoms with van der Waals surface area (Å²) in [6, 6.07) is 21.9. The van der Waals surface area contributed by atoms with Gasteiger partial charge in [0, 0.05) is 16.4 Å². The van der Waals surface area contributed by atoms with E-state index >= 15 is 0 Å². The van der Waals surface area contributed by atoms with Gasteiger partial charge in [-0.1, -0.05) is 54.1 Å². The van der Waals surface area contributed by atoms with E-state index in [9.17, 15) is 0 Å². The normalized spacial score (nSPS) is 30.7. The Bertz CT molecular complexity index is 1060. The van der Waals surface area contributed by atoms with Crippen LogP contribution in [-0.4, -0.2) is 6.54 Å². The number of hydrogen-bond acceptors (Lipinski definition) is 2. The molecule has 4 fully saturated rings. The molecule has 166 valence electrons. The molecule has 2 aromatic carbocycles. The molecule has 1 nitrogen and oxygen atoms in total. The Morgan fingerprint density at radius 1 is 0.906 bits per heavy atom. The molecule has 32 heavy (non-hydrogen) atoms. The first-order chi connectivity index (χ1) is 15.6. The van der Waals surface area contributed by atoms with E-state index < -0.39 is 0 Å². The highest BCUT2D eigenvalue weighted by atomic mass is 35.5. The van der Waals surface area contributed by atoms with E-state index in [0.29, 0.717) is 10.8 Å². The molecule has 1 aromatic heterocycles. The van der Waals surface area contributed by atoms with Gasteiger partial charge in [0.2, 0.25) is 0 Å². The molecule has 4 saturated carbocycles. The molecule has 4 aliphatic carbocycles. The molecule has 3 heteroatoms. The summed E-state index contributed by atoms with van der Waals surface area (Å²) in [5, 5.41) is 6.95. The zero-order valence-electron chi connectivity index (χ0n) is 18.7. The molecule has 4 bridgehead atoms. The van der Waals surface area contributed by atoms with Gasteiger partial charge in [0.05, 0.1) is 0 Å². The van der Waals surface area contributed by atoms with E-state index in [1.165, 1.54) is 60.9 Å². The minimum absolute atomic E-state index is 0.410. The van der Waals surface area contributed by atoms with Gasteiger partial charge in [0.1, 0.15) is 0 Å². The SMILES string of the molecule is Clc1ccc(C23CC4CC(CC(CCNCc5cc(-c6ccccc6)cs5)(C4)C2)C3)cc1. The van der Waals surface area contributed by atoms with Crippen molar-refractivity contribution in [1.82, 2.24) is 5.32 Å². The second-order valence-electron chi connectivity index (χ2n) is 10.8. The lowest BCUT2D eigenvalue weighted by Gasteiger charge is -2.63. The van der Waals surface area contributed by atoms with Crippen LogP contribution in [0.15, 0.2) is 66.0 Å². The van der Waals surface area contributed by atoms with Crippen molar-refractivity contribution in [3.05, 3.63) is 81.5 Å². The molecule has 0 radical (unpaired) electrons. The van der Waals surface area contributed by atoms with Gasteiger partial charge in [-0.2, -0.15) is 0 Å². The summed E-state index contributed by atoms with van der Waals surface area (Å²) in [7, 11) is 0. The summed E-state index contributed by atoms with van der Waals surface area (Å²) in [5.74, 6) is 1.86. The first-order valence-electron chi connectivity index (χ1n) is 12.2. The molecule has 0 aliphatic heterocycles. The summed E-state index contributed by atoms with van der Waals surface area (Å²) in [6.07, 6.45) is 9.90. The van der Waals surface area contributed by atoms with Crippen molar-refractivity contribution >= 4 is 22.9 Å². The standard InChI is InChI=1S/C29H32ClNS/c30-26-8-6-25(7-9-26)29-16-21-12-22(17-29)15-28(14-21,20-29)10-11-31-18-27-13-24(19-32-27)23-4-2-1-3-5-23/h1-9,13,19,21-22,31H,10-12,14-18,20H2. The van der Waals surface area contributed by atoms with Crippen molar-refractivity contribution in [1.29, 1.82) is 0 Å². The molecule has 0 amide bonds. The first-order valence-corrected chi connectivity index (χ1v) is 13.5. The van der Waals surface area contributed by atoms with E-state index in [1.807, 2.05) is 11.3 Å². The van der Waals surface area contributed by atoms with Crippen molar-refractivity contribution in [2.24, 2.45) is 17.3 Å². The highest BCUT2D eigenvalue weighted by molar-refractivity contribution is 7.10. The van der Waals surface area contributed by atoms with Gasteiger partial charge in [-0.3, -0.25) is 0 Å². The van der Waals surface area contributed by atoms with Crippen molar-refractivity contribution in [2.45, 2.75) is 56.9 Å². The second-order valence-corrected chi connectivity index (χ2v) is 12.3. The Balaban J connectivity index is 1.10. The van der Waals surface area contributed by atoms with Crippen LogP contribution in [0.5, 0.6) is 0 Å². The third-order valence-corrected chi connectivity index (χ3v) is 9.72.